The number of aliphatic hydroxyl groups is 4. The van der Waals surface area contributed by atoms with Gasteiger partial charge in [0.05, 0.1) is 277 Å². The third-order valence-electron chi connectivity index (χ3n) is 13.1. The molecule has 0 aliphatic heterocycles. The first-order valence-electron chi connectivity index (χ1n) is 32.9. The minimum Gasteiger partial charge on any atom is -0.394 e. The number of nitrogens with zero attached hydrogens (tertiary/aromatic N) is 2. The zero-order chi connectivity index (χ0) is 66.8. The molecule has 4 N–H and O–H groups in total. The lowest BCUT2D eigenvalue weighted by Gasteiger charge is -2.25. The van der Waals surface area contributed by atoms with Crippen molar-refractivity contribution in [2.24, 2.45) is 0 Å². The highest BCUT2D eigenvalue weighted by Crippen LogP contribution is 2.31. The van der Waals surface area contributed by atoms with E-state index in [1.807, 2.05) is 0 Å². The van der Waals surface area contributed by atoms with Crippen LogP contribution in [0, 0.1) is 3.57 Å². The summed E-state index contributed by atoms with van der Waals surface area (Å²) in [6.07, 6.45) is 8.67. The first-order valence-corrected chi connectivity index (χ1v) is 34.0. The Morgan fingerprint density at radius 3 is 0.755 bits per heavy atom. The van der Waals surface area contributed by atoms with Gasteiger partial charge in [0, 0.05) is 34.5 Å². The van der Waals surface area contributed by atoms with Crippen LogP contribution in [0.15, 0.2) is 78.4 Å². The topological polar surface area (TPSA) is 272 Å². The van der Waals surface area contributed by atoms with E-state index >= 15 is 0 Å². The molecule has 0 bridgehead atoms. The second kappa shape index (κ2) is 65.8. The summed E-state index contributed by atoms with van der Waals surface area (Å²) >= 11 is 2.34. The van der Waals surface area contributed by atoms with Gasteiger partial charge in [-0.05, 0) is 81.3 Å². The van der Waals surface area contributed by atoms with Crippen LogP contribution in [-0.2, 0) is 94.7 Å². The van der Waals surface area contributed by atoms with E-state index in [-0.39, 0.29) is 26.4 Å². The molecule has 0 saturated carbocycles. The number of hydrogen-bond acceptors (Lipinski definition) is 25. The summed E-state index contributed by atoms with van der Waals surface area (Å²) in [5.74, 6) is 0. The molecule has 0 aromatic heterocycles. The van der Waals surface area contributed by atoms with Gasteiger partial charge in [-0.25, -0.2) is 4.58 Å². The first kappa shape index (κ1) is 85.1. The summed E-state index contributed by atoms with van der Waals surface area (Å²) in [5.41, 5.74) is 6.40. The van der Waals surface area contributed by atoms with Gasteiger partial charge in [0.25, 0.3) is 0 Å². The molecule has 0 heterocycles. The van der Waals surface area contributed by atoms with Gasteiger partial charge in [-0.3, -0.25) is 0 Å². The third-order valence-corrected chi connectivity index (χ3v) is 13.8. The van der Waals surface area contributed by atoms with E-state index in [1.54, 1.807) is 0 Å². The molecule has 26 nitrogen and oxygen atoms in total. The average molecular weight is 1460 g/mol. The molecule has 0 spiro atoms. The standard InChI is InChI=1S/C67H112IN2O24/c68-64-7-1-61(2-8-64)67(62-3-9-65(10-4-62)69(13-21-75-29-37-83-45-53-91-57-49-87-41-33-79-25-17-71)14-22-76-30-38-84-46-54-92-58-50-88-42-34-80-26-18-72)63-5-11-66(12-6-63)70(15-23-77-31-39-85-47-55-93-59-51-89-43-35-81-27-19-73)16-24-78-32-40-86-48-56-94-60-52-90-44-36-82-28-20-74/h1-12,71-74H,13-60H2/q+1. The van der Waals surface area contributed by atoms with Gasteiger partial charge in [0.1, 0.15) is 13.2 Å². The molecule has 2 aromatic rings. The van der Waals surface area contributed by atoms with Crippen LogP contribution in [-0.4, -0.2) is 348 Å². The van der Waals surface area contributed by atoms with Crippen LogP contribution in [0.2, 0.25) is 0 Å². The van der Waals surface area contributed by atoms with Crippen molar-refractivity contribution in [3.05, 3.63) is 93.1 Å². The lowest BCUT2D eigenvalue weighted by Crippen LogP contribution is -2.31. The molecular formula is C67H112IN2O24+. The van der Waals surface area contributed by atoms with Crippen molar-refractivity contribution in [1.82, 2.24) is 0 Å². The molecule has 1 aliphatic rings. The number of allylic oxidation sites excluding steroid dienone is 5. The van der Waals surface area contributed by atoms with Crippen LogP contribution < -0.4 is 4.90 Å². The molecule has 94 heavy (non-hydrogen) atoms. The van der Waals surface area contributed by atoms with E-state index in [9.17, 15) is 0 Å². The largest absolute Gasteiger partial charge is 0.394 e. The van der Waals surface area contributed by atoms with Crippen LogP contribution in [0.25, 0.3) is 5.57 Å². The van der Waals surface area contributed by atoms with Crippen LogP contribution in [0.1, 0.15) is 11.1 Å². The molecule has 0 atom stereocenters. The molecule has 1 aliphatic carbocycles. The zero-order valence-corrected chi connectivity index (χ0v) is 57.8. The van der Waals surface area contributed by atoms with Crippen molar-refractivity contribution in [3.63, 3.8) is 0 Å². The van der Waals surface area contributed by atoms with Crippen molar-refractivity contribution in [2.45, 2.75) is 0 Å². The summed E-state index contributed by atoms with van der Waals surface area (Å²) in [5, 5.41) is 35.2. The quantitative estimate of drug-likeness (QED) is 0.0421. The number of hydrogen-bond donors (Lipinski definition) is 4. The molecule has 27 heteroatoms. The number of rotatable bonds is 71. The van der Waals surface area contributed by atoms with Crippen molar-refractivity contribution in [3.8, 4) is 0 Å². The van der Waals surface area contributed by atoms with Gasteiger partial charge >= 0.3 is 0 Å². The van der Waals surface area contributed by atoms with Crippen LogP contribution in [0.5, 0.6) is 0 Å². The number of aliphatic hydroxyl groups excluding tert-OH is 4. The predicted octanol–water partition coefficient (Wildman–Crippen LogP) is 2.78. The molecule has 3 rings (SSSR count). The van der Waals surface area contributed by atoms with E-state index < -0.39 is 0 Å². The van der Waals surface area contributed by atoms with Crippen LogP contribution in [0.4, 0.5) is 5.69 Å². The SMILES string of the molecule is OCCOCCOCCOCCOCCOCCN(CCOCCOCCOCCOCCOCCO)c1ccc(C(=C2C=CC(=[N+](CCOCCOCCOCCOCCOCCO)CCOCCOCCOCCOCCOCCO)C=C2)c2ccc(I)cc2)cc1. The van der Waals surface area contributed by atoms with Crippen LogP contribution >= 0.6 is 22.6 Å². The Morgan fingerprint density at radius 1 is 0.277 bits per heavy atom. The molecule has 540 valence electrons. The molecule has 0 radical (unpaired) electrons. The summed E-state index contributed by atoms with van der Waals surface area (Å²) in [6, 6.07) is 17.3. The Bertz CT molecular complexity index is 2020. The monoisotopic (exact) mass is 1460 g/mol. The number of benzene rings is 2. The van der Waals surface area contributed by atoms with Crippen molar-refractivity contribution >= 4 is 39.6 Å². The first-order chi connectivity index (χ1) is 46.6. The highest BCUT2D eigenvalue weighted by atomic mass is 127. The van der Waals surface area contributed by atoms with Gasteiger partial charge in [0.15, 0.2) is 18.8 Å². The normalized spacial score (nSPS) is 12.3. The van der Waals surface area contributed by atoms with Gasteiger partial charge in [-0.1, -0.05) is 24.3 Å². The lowest BCUT2D eigenvalue weighted by molar-refractivity contribution is -0.532. The van der Waals surface area contributed by atoms with E-state index in [2.05, 4.69) is 105 Å². The fourth-order valence-corrected chi connectivity index (χ4v) is 8.78. The van der Waals surface area contributed by atoms with Crippen LogP contribution in [0.3, 0.4) is 0 Å². The maximum atomic E-state index is 8.80. The lowest BCUT2D eigenvalue weighted by atomic mass is 9.90. The molecule has 0 fully saturated rings. The van der Waals surface area contributed by atoms with E-state index in [1.165, 1.54) is 0 Å². The Labute approximate surface area is 571 Å². The third kappa shape index (κ3) is 48.6. The Morgan fingerprint density at radius 2 is 0.500 bits per heavy atom. The Hall–Kier alpha value is -3.10. The molecule has 0 unspecified atom stereocenters. The second-order valence-corrected chi connectivity index (χ2v) is 21.3. The van der Waals surface area contributed by atoms with Gasteiger partial charge < -0.3 is 120 Å². The van der Waals surface area contributed by atoms with Crippen molar-refractivity contribution in [1.29, 1.82) is 0 Å². The molecule has 0 saturated heterocycles. The zero-order valence-electron chi connectivity index (χ0n) is 55.6. The van der Waals surface area contributed by atoms with E-state index in [4.69, 9.17) is 115 Å². The number of ether oxygens (including phenoxy) is 20. The van der Waals surface area contributed by atoms with Gasteiger partial charge in [0.2, 0.25) is 0 Å². The second-order valence-electron chi connectivity index (χ2n) is 20.1. The fraction of sp³-hybridized carbons (Fsp3) is 0.716. The maximum Gasteiger partial charge on any atom is 0.200 e. The summed E-state index contributed by atoms with van der Waals surface area (Å²) in [4.78, 5) is 2.27. The average Bonchev–Trinajstić information content (AvgIpc) is 2.05. The Balaban J connectivity index is 1.63. The summed E-state index contributed by atoms with van der Waals surface area (Å²) in [6.45, 7) is 20.0. The van der Waals surface area contributed by atoms with Gasteiger partial charge in [-0.2, -0.15) is 0 Å². The Kier molecular flexibility index (Phi) is 59.6. The van der Waals surface area contributed by atoms with E-state index in [0.29, 0.717) is 290 Å². The summed E-state index contributed by atoms with van der Waals surface area (Å²) < 4.78 is 116. The molecule has 2 aromatic carbocycles. The summed E-state index contributed by atoms with van der Waals surface area (Å²) in [7, 11) is 0. The van der Waals surface area contributed by atoms with Gasteiger partial charge in [-0.15, -0.1) is 0 Å². The highest BCUT2D eigenvalue weighted by Gasteiger charge is 2.18. The molecular weight excluding hydrogens is 1340 g/mol. The predicted molar refractivity (Wildman–Crippen MR) is 362 cm³/mol. The number of halogens is 1. The minimum atomic E-state index is -0.00404. The smallest absolute Gasteiger partial charge is 0.200 e. The van der Waals surface area contributed by atoms with Crippen molar-refractivity contribution in [2.75, 3.05) is 322 Å². The molecule has 0 amide bonds. The fourth-order valence-electron chi connectivity index (χ4n) is 8.42. The maximum absolute atomic E-state index is 8.80. The highest BCUT2D eigenvalue weighted by molar-refractivity contribution is 14.1. The minimum absolute atomic E-state index is 0.00404. The number of anilines is 1. The van der Waals surface area contributed by atoms with Crippen molar-refractivity contribution < 1.29 is 120 Å². The van der Waals surface area contributed by atoms with E-state index in [0.717, 1.165) is 37.2 Å².